The number of benzene rings is 3. The van der Waals surface area contributed by atoms with Gasteiger partial charge in [0.25, 0.3) is 0 Å². The van der Waals surface area contributed by atoms with E-state index in [4.69, 9.17) is 0 Å². The predicted molar refractivity (Wildman–Crippen MR) is 160 cm³/mol. The van der Waals surface area contributed by atoms with E-state index in [9.17, 15) is 0 Å². The van der Waals surface area contributed by atoms with Crippen LogP contribution >= 0.6 is 0 Å². The second kappa shape index (κ2) is 14.4. The van der Waals surface area contributed by atoms with Gasteiger partial charge >= 0.3 is 0 Å². The van der Waals surface area contributed by atoms with Gasteiger partial charge in [-0.3, -0.25) is 0 Å². The van der Waals surface area contributed by atoms with Crippen LogP contribution in [0.5, 0.6) is 0 Å². The van der Waals surface area contributed by atoms with E-state index in [-0.39, 0.29) is 40.2 Å². The van der Waals surface area contributed by atoms with Crippen molar-refractivity contribution in [3.05, 3.63) is 142 Å². The van der Waals surface area contributed by atoms with E-state index < -0.39 is 0 Å². The van der Waals surface area contributed by atoms with Gasteiger partial charge in [0.1, 0.15) is 0 Å². The molecule has 204 valence electrons. The van der Waals surface area contributed by atoms with Crippen molar-refractivity contribution >= 4 is 24.3 Å². The fraction of sp³-hybridized carbons (Fsp3) is 0.111. The van der Waals surface area contributed by atoms with E-state index in [2.05, 4.69) is 98.4 Å². The second-order valence-corrected chi connectivity index (χ2v) is 9.50. The monoisotopic (exact) mass is 876 g/mol. The van der Waals surface area contributed by atoms with Crippen LogP contribution in [0, 0.1) is 39.8 Å². The maximum absolute atomic E-state index is 4.41. The van der Waals surface area contributed by atoms with Crippen LogP contribution in [0.4, 0.5) is 0 Å². The van der Waals surface area contributed by atoms with E-state index in [0.717, 1.165) is 33.6 Å². The normalized spacial score (nSPS) is 10.9. The number of pyridine rings is 2. The fourth-order valence-corrected chi connectivity index (χ4v) is 4.67. The molecule has 40 heavy (non-hydrogen) atoms. The molecule has 0 spiro atoms. The zero-order valence-electron chi connectivity index (χ0n) is 23.0. The van der Waals surface area contributed by atoms with Crippen molar-refractivity contribution in [1.29, 1.82) is 0 Å². The summed E-state index contributed by atoms with van der Waals surface area (Å²) in [4.78, 5) is 8.83. The van der Waals surface area contributed by atoms with Crippen LogP contribution < -0.4 is 0 Å². The molecule has 0 saturated carbocycles. The molecule has 5 aromatic rings. The number of hydrogen-bond donors (Lipinski definition) is 0. The molecular weight excluding hydrogens is 845 g/mol. The van der Waals surface area contributed by atoms with Gasteiger partial charge in [0.15, 0.2) is 0 Å². The van der Waals surface area contributed by atoms with Crippen LogP contribution in [0.15, 0.2) is 85.2 Å². The largest absolute Gasteiger partial charge is 0.305 e. The molecule has 0 unspecified atom stereocenters. The van der Waals surface area contributed by atoms with Gasteiger partial charge in [0.2, 0.25) is 0 Å². The van der Waals surface area contributed by atoms with Crippen LogP contribution in [-0.4, -0.2) is 9.97 Å². The third-order valence-corrected chi connectivity index (χ3v) is 7.18. The molecular formula is C36H30Ir2N2-2. The quantitative estimate of drug-likeness (QED) is 0.126. The van der Waals surface area contributed by atoms with Crippen molar-refractivity contribution in [3.8, 4) is 22.5 Å². The van der Waals surface area contributed by atoms with Gasteiger partial charge in [-0.05, 0) is 84.6 Å². The summed E-state index contributed by atoms with van der Waals surface area (Å²) >= 11 is 0. The van der Waals surface area contributed by atoms with Crippen molar-refractivity contribution in [3.63, 3.8) is 0 Å². The Kier molecular flexibility index (Phi) is 11.3. The Hall–Kier alpha value is -3.26. The average Bonchev–Trinajstić information content (AvgIpc) is 2.98. The molecule has 2 heterocycles. The number of hydrogen-bond acceptors (Lipinski definition) is 2. The average molecular weight is 875 g/mol. The molecule has 3 aromatic carbocycles. The van der Waals surface area contributed by atoms with Crippen LogP contribution in [0.2, 0.25) is 0 Å². The van der Waals surface area contributed by atoms with Gasteiger partial charge in [-0.25, -0.2) is 0 Å². The molecule has 2 aromatic heterocycles. The summed E-state index contributed by atoms with van der Waals surface area (Å²) in [5.41, 5.74) is 13.9. The van der Waals surface area contributed by atoms with Gasteiger partial charge in [0, 0.05) is 52.6 Å². The molecule has 0 aliphatic carbocycles. The van der Waals surface area contributed by atoms with Gasteiger partial charge in [0.05, 0.1) is 0 Å². The Morgan fingerprint density at radius 1 is 0.500 bits per heavy atom. The summed E-state index contributed by atoms with van der Waals surface area (Å²) in [6, 6.07) is 31.0. The maximum atomic E-state index is 4.41. The summed E-state index contributed by atoms with van der Waals surface area (Å²) in [6.07, 6.45) is 12.4. The summed E-state index contributed by atoms with van der Waals surface area (Å²) in [6.45, 7) is 8.85. The summed E-state index contributed by atoms with van der Waals surface area (Å²) < 4.78 is 0. The van der Waals surface area contributed by atoms with E-state index in [1.165, 1.54) is 33.4 Å². The molecule has 5 rings (SSSR count). The van der Waals surface area contributed by atoms with Gasteiger partial charge in [-0.2, -0.15) is 0 Å². The molecule has 0 N–H and O–H groups in total. The first-order valence-electron chi connectivity index (χ1n) is 12.8. The molecule has 0 fully saturated rings. The first-order valence-corrected chi connectivity index (χ1v) is 12.8. The minimum atomic E-state index is 0. The van der Waals surface area contributed by atoms with E-state index in [1.807, 2.05) is 60.9 Å². The van der Waals surface area contributed by atoms with Gasteiger partial charge < -0.3 is 9.97 Å². The molecule has 0 amide bonds. The van der Waals surface area contributed by atoms with Crippen LogP contribution in [0.1, 0.15) is 44.5 Å². The Labute approximate surface area is 265 Å². The number of aromatic nitrogens is 2. The Balaban J connectivity index is 0.00000220. The van der Waals surface area contributed by atoms with Crippen LogP contribution in [0.3, 0.4) is 0 Å². The minimum Gasteiger partial charge on any atom is -0.305 e. The van der Waals surface area contributed by atoms with Gasteiger partial charge in [-0.15, -0.1) is 70.8 Å². The molecule has 0 bridgehead atoms. The third kappa shape index (κ3) is 7.08. The van der Waals surface area contributed by atoms with E-state index >= 15 is 0 Å². The van der Waals surface area contributed by atoms with Gasteiger partial charge in [-0.1, -0.05) is 48.6 Å². The van der Waals surface area contributed by atoms with Crippen molar-refractivity contribution in [2.45, 2.75) is 27.7 Å². The van der Waals surface area contributed by atoms with Crippen molar-refractivity contribution in [2.75, 3.05) is 0 Å². The van der Waals surface area contributed by atoms with Crippen molar-refractivity contribution < 1.29 is 40.2 Å². The Bertz CT molecular complexity index is 1450. The SMILES string of the molecule is Cc1c(C)c(/C=C\c2c[c-]c(-c3ccccn3)cc2)c(C)c(C)c1/C=C\c1c[c-]c(-c2ccccn2)cc1.[Ir].[Ir]. The molecule has 2 nitrogen and oxygen atoms in total. The maximum Gasteiger partial charge on any atom is 0.0160 e. The van der Waals surface area contributed by atoms with Crippen molar-refractivity contribution in [2.24, 2.45) is 0 Å². The number of rotatable bonds is 6. The molecule has 0 aliphatic heterocycles. The summed E-state index contributed by atoms with van der Waals surface area (Å²) in [5.74, 6) is 0. The topological polar surface area (TPSA) is 25.8 Å². The minimum absolute atomic E-state index is 0. The molecule has 0 atom stereocenters. The molecule has 0 saturated heterocycles. The fourth-order valence-electron chi connectivity index (χ4n) is 4.67. The summed E-state index contributed by atoms with van der Waals surface area (Å²) in [7, 11) is 0. The smallest absolute Gasteiger partial charge is 0.0160 e. The second-order valence-electron chi connectivity index (χ2n) is 9.50. The van der Waals surface area contributed by atoms with Crippen LogP contribution in [-0.2, 0) is 40.2 Å². The first kappa shape index (κ1) is 31.3. The van der Waals surface area contributed by atoms with Crippen molar-refractivity contribution in [1.82, 2.24) is 9.97 Å². The standard InChI is InChI=1S/C36H30N2.2Ir/c1-25-26(2)34(22-16-30-13-19-32(20-14-30)36-10-6-8-24-38-36)28(4)27(3)33(25)21-15-29-11-17-31(18-12-29)35-9-5-7-23-37-35;;/h5-17,19,21-24H,1-4H3;;/q-2;;/b21-15-,22-16-;;. The Morgan fingerprint density at radius 2 is 0.900 bits per heavy atom. The predicted octanol–water partition coefficient (Wildman–Crippen LogP) is 8.98. The molecule has 2 radical (unpaired) electrons. The summed E-state index contributed by atoms with van der Waals surface area (Å²) in [5, 5.41) is 0. The molecule has 0 aliphatic rings. The molecule has 4 heteroatoms. The zero-order valence-corrected chi connectivity index (χ0v) is 27.7. The van der Waals surface area contributed by atoms with E-state index in [1.54, 1.807) is 0 Å². The van der Waals surface area contributed by atoms with E-state index in [0.29, 0.717) is 0 Å². The van der Waals surface area contributed by atoms with Crippen LogP contribution in [0.25, 0.3) is 46.8 Å². The zero-order chi connectivity index (χ0) is 26.5. The third-order valence-electron chi connectivity index (χ3n) is 7.18. The Morgan fingerprint density at radius 3 is 1.20 bits per heavy atom. The first-order chi connectivity index (χ1) is 18.5. The number of nitrogens with zero attached hydrogens (tertiary/aromatic N) is 2.